The summed E-state index contributed by atoms with van der Waals surface area (Å²) in [5.74, 6) is 0.782. The second kappa shape index (κ2) is 4.59. The highest BCUT2D eigenvalue weighted by molar-refractivity contribution is 6.12. The van der Waals surface area contributed by atoms with E-state index < -0.39 is 5.54 Å². The van der Waals surface area contributed by atoms with Crippen molar-refractivity contribution < 1.29 is 9.53 Å². The van der Waals surface area contributed by atoms with Crippen molar-refractivity contribution in [3.05, 3.63) is 71.2 Å². The standard InChI is InChI=1S/C18H17N3O2/c1-20-16(22)18(12-7-4-3-5-8-12)13-9-6-10-15(23-2)14(11-13)21(18)17(20)19/h3-10,19H,11H2,1-2H3. The number of nitrogens with zero attached hydrogens (tertiary/aromatic N) is 2. The minimum Gasteiger partial charge on any atom is -0.495 e. The molecule has 2 fully saturated rings. The van der Waals surface area contributed by atoms with Gasteiger partial charge in [-0.15, -0.1) is 0 Å². The molecule has 116 valence electrons. The lowest BCUT2D eigenvalue weighted by Crippen LogP contribution is -2.43. The van der Waals surface area contributed by atoms with Crippen molar-refractivity contribution in [2.75, 3.05) is 14.2 Å². The number of amides is 1. The molecular formula is C18H17N3O2. The summed E-state index contributed by atoms with van der Waals surface area (Å²) in [5, 5.41) is 8.47. The summed E-state index contributed by atoms with van der Waals surface area (Å²) in [5.41, 5.74) is 1.75. The first kappa shape index (κ1) is 13.8. The van der Waals surface area contributed by atoms with Gasteiger partial charge in [0, 0.05) is 13.5 Å². The average Bonchev–Trinajstić information content (AvgIpc) is 2.88. The van der Waals surface area contributed by atoms with E-state index in [2.05, 4.69) is 0 Å². The Morgan fingerprint density at radius 3 is 2.70 bits per heavy atom. The Labute approximate surface area is 134 Å². The van der Waals surface area contributed by atoms with E-state index in [1.54, 1.807) is 14.2 Å². The molecule has 1 atom stereocenters. The number of hydrogen-bond donors (Lipinski definition) is 1. The number of methoxy groups -OCH3 is 1. The van der Waals surface area contributed by atoms with Crippen LogP contribution in [-0.2, 0) is 15.1 Å². The molecule has 2 saturated heterocycles. The molecule has 1 aromatic rings. The van der Waals surface area contributed by atoms with Crippen molar-refractivity contribution in [2.45, 2.75) is 12.0 Å². The summed E-state index contributed by atoms with van der Waals surface area (Å²) in [6.45, 7) is 0. The Kier molecular flexibility index (Phi) is 2.75. The van der Waals surface area contributed by atoms with E-state index in [0.717, 1.165) is 16.8 Å². The summed E-state index contributed by atoms with van der Waals surface area (Å²) in [6.07, 6.45) is 6.38. The van der Waals surface area contributed by atoms with E-state index >= 15 is 0 Å². The van der Waals surface area contributed by atoms with Crippen LogP contribution in [0, 0.1) is 5.41 Å². The van der Waals surface area contributed by atoms with Crippen LogP contribution in [0.3, 0.4) is 0 Å². The summed E-state index contributed by atoms with van der Waals surface area (Å²) in [4.78, 5) is 16.4. The molecule has 2 bridgehead atoms. The second-order valence-corrected chi connectivity index (χ2v) is 5.84. The average molecular weight is 307 g/mol. The minimum absolute atomic E-state index is 0.0966. The molecule has 4 rings (SSSR count). The number of hydrogen-bond acceptors (Lipinski definition) is 3. The number of fused-ring (bicyclic) bond motifs is 5. The number of guanidine groups is 1. The van der Waals surface area contributed by atoms with Crippen molar-refractivity contribution in [2.24, 2.45) is 0 Å². The van der Waals surface area contributed by atoms with Gasteiger partial charge in [-0.05, 0) is 17.2 Å². The molecule has 1 amide bonds. The molecule has 2 heterocycles. The predicted octanol–water partition coefficient (Wildman–Crippen LogP) is 2.35. The fraction of sp³-hybridized carbons (Fsp3) is 0.222. The summed E-state index contributed by atoms with van der Waals surface area (Å²) < 4.78 is 5.50. The van der Waals surface area contributed by atoms with E-state index in [4.69, 9.17) is 10.1 Å². The van der Waals surface area contributed by atoms with E-state index in [0.29, 0.717) is 12.2 Å². The SMILES string of the molecule is COC1=C2CC(=CC=C1)C1(c3ccccc3)C(=O)N(C)C(=N)N21. The molecule has 2 aliphatic heterocycles. The number of carbonyl (C=O) groups is 1. The molecule has 1 unspecified atom stereocenters. The van der Waals surface area contributed by atoms with Crippen LogP contribution in [0.15, 0.2) is 65.6 Å². The molecule has 23 heavy (non-hydrogen) atoms. The highest BCUT2D eigenvalue weighted by atomic mass is 16.5. The number of likely N-dealkylation sites (N-methyl/N-ethyl adjacent to an activating group) is 1. The molecule has 0 spiro atoms. The number of allylic oxidation sites excluding steroid dienone is 4. The molecule has 5 heteroatoms. The molecular weight excluding hydrogens is 290 g/mol. The monoisotopic (exact) mass is 307 g/mol. The first-order valence-electron chi connectivity index (χ1n) is 7.49. The summed E-state index contributed by atoms with van der Waals surface area (Å²) >= 11 is 0. The van der Waals surface area contributed by atoms with Crippen LogP contribution in [0.25, 0.3) is 0 Å². The number of nitrogens with one attached hydrogen (secondary N) is 1. The Bertz CT molecular complexity index is 807. The zero-order valence-electron chi connectivity index (χ0n) is 13.0. The summed E-state index contributed by atoms with van der Waals surface area (Å²) in [6, 6.07) is 9.68. The third-order valence-electron chi connectivity index (χ3n) is 4.81. The zero-order valence-corrected chi connectivity index (χ0v) is 13.0. The first-order chi connectivity index (χ1) is 11.1. The largest absolute Gasteiger partial charge is 0.495 e. The second-order valence-electron chi connectivity index (χ2n) is 5.84. The van der Waals surface area contributed by atoms with Gasteiger partial charge in [0.05, 0.1) is 12.8 Å². The van der Waals surface area contributed by atoms with Gasteiger partial charge in [-0.1, -0.05) is 42.5 Å². The summed E-state index contributed by atoms with van der Waals surface area (Å²) in [7, 11) is 3.27. The fourth-order valence-corrected chi connectivity index (χ4v) is 3.77. The lowest BCUT2D eigenvalue weighted by molar-refractivity contribution is -0.130. The number of rotatable bonds is 2. The fourth-order valence-electron chi connectivity index (χ4n) is 3.77. The van der Waals surface area contributed by atoms with Gasteiger partial charge in [-0.2, -0.15) is 0 Å². The van der Waals surface area contributed by atoms with Crippen molar-refractivity contribution in [1.29, 1.82) is 5.41 Å². The molecule has 1 aromatic carbocycles. The zero-order chi connectivity index (χ0) is 16.2. The Morgan fingerprint density at radius 1 is 1.26 bits per heavy atom. The smallest absolute Gasteiger partial charge is 0.264 e. The van der Waals surface area contributed by atoms with Crippen LogP contribution in [0.1, 0.15) is 12.0 Å². The third-order valence-corrected chi connectivity index (χ3v) is 4.81. The van der Waals surface area contributed by atoms with Crippen LogP contribution in [0.4, 0.5) is 0 Å². The lowest BCUT2D eigenvalue weighted by atomic mass is 9.82. The number of carbonyl (C=O) groups excluding carboxylic acids is 1. The molecule has 1 aliphatic carbocycles. The van der Waals surface area contributed by atoms with Crippen molar-refractivity contribution in [1.82, 2.24) is 9.80 Å². The third kappa shape index (κ3) is 1.51. The van der Waals surface area contributed by atoms with Gasteiger partial charge in [0.25, 0.3) is 5.91 Å². The van der Waals surface area contributed by atoms with Gasteiger partial charge in [-0.25, -0.2) is 0 Å². The molecule has 0 radical (unpaired) electrons. The number of ether oxygens (including phenoxy) is 1. The molecule has 0 saturated carbocycles. The van der Waals surface area contributed by atoms with Crippen LogP contribution in [0.2, 0.25) is 0 Å². The topological polar surface area (TPSA) is 56.6 Å². The van der Waals surface area contributed by atoms with Gasteiger partial charge in [0.15, 0.2) is 5.54 Å². The van der Waals surface area contributed by atoms with E-state index in [9.17, 15) is 4.79 Å². The van der Waals surface area contributed by atoms with Crippen molar-refractivity contribution >= 4 is 11.9 Å². The predicted molar refractivity (Wildman–Crippen MR) is 86.3 cm³/mol. The van der Waals surface area contributed by atoms with Gasteiger partial charge >= 0.3 is 0 Å². The highest BCUT2D eigenvalue weighted by Crippen LogP contribution is 2.54. The van der Waals surface area contributed by atoms with Crippen LogP contribution < -0.4 is 0 Å². The van der Waals surface area contributed by atoms with Gasteiger partial charge in [0.1, 0.15) is 5.76 Å². The minimum atomic E-state index is -0.961. The number of benzene rings is 1. The molecule has 1 N–H and O–H groups in total. The van der Waals surface area contributed by atoms with Crippen LogP contribution in [-0.4, -0.2) is 35.8 Å². The molecule has 0 aromatic heterocycles. The normalized spacial score (nSPS) is 25.7. The van der Waals surface area contributed by atoms with Crippen molar-refractivity contribution in [3.8, 4) is 0 Å². The Hall–Kier alpha value is -2.82. The van der Waals surface area contributed by atoms with Crippen molar-refractivity contribution in [3.63, 3.8) is 0 Å². The quantitative estimate of drug-likeness (QED) is 0.912. The van der Waals surface area contributed by atoms with E-state index in [1.165, 1.54) is 4.90 Å². The van der Waals surface area contributed by atoms with Crippen LogP contribution >= 0.6 is 0 Å². The van der Waals surface area contributed by atoms with Gasteiger partial charge in [0.2, 0.25) is 5.96 Å². The van der Waals surface area contributed by atoms with Gasteiger partial charge < -0.3 is 4.74 Å². The highest BCUT2D eigenvalue weighted by Gasteiger charge is 2.63. The Morgan fingerprint density at radius 2 is 2.00 bits per heavy atom. The molecule has 3 aliphatic rings. The van der Waals surface area contributed by atoms with E-state index in [1.807, 2.05) is 53.5 Å². The van der Waals surface area contributed by atoms with E-state index in [-0.39, 0.29) is 11.9 Å². The maximum Gasteiger partial charge on any atom is 0.264 e. The maximum atomic E-state index is 13.2. The Balaban J connectivity index is 2.07. The molecule has 5 nitrogen and oxygen atoms in total. The first-order valence-corrected chi connectivity index (χ1v) is 7.49. The van der Waals surface area contributed by atoms with Crippen LogP contribution in [0.5, 0.6) is 0 Å². The lowest BCUT2D eigenvalue weighted by Gasteiger charge is -2.32. The maximum absolute atomic E-state index is 13.2. The van der Waals surface area contributed by atoms with Gasteiger partial charge in [-0.3, -0.25) is 20.0 Å².